The molecule has 0 fully saturated rings. The number of hydrogen-bond acceptors (Lipinski definition) is 4. The predicted molar refractivity (Wildman–Crippen MR) is 38.8 cm³/mol. The second kappa shape index (κ2) is 3.90. The zero-order chi connectivity index (χ0) is 8.20. The molecule has 0 aromatic carbocycles. The minimum Gasteiger partial charge on any atom is -0.305 e. The van der Waals surface area contributed by atoms with Crippen molar-refractivity contribution in [1.82, 2.24) is 0 Å². The van der Waals surface area contributed by atoms with Crippen molar-refractivity contribution in [3.8, 4) is 0 Å². The Hall–Kier alpha value is -0.130. The molecule has 0 aliphatic rings. The summed E-state index contributed by atoms with van der Waals surface area (Å²) < 4.78 is 25.3. The van der Waals surface area contributed by atoms with Gasteiger partial charge < -0.3 is 5.73 Å². The van der Waals surface area contributed by atoms with Crippen LogP contribution in [0.4, 0.5) is 0 Å². The fourth-order valence-electron chi connectivity index (χ4n) is 0.557. The van der Waals surface area contributed by atoms with Gasteiger partial charge >= 0.3 is 0 Å². The highest BCUT2D eigenvalue weighted by Crippen LogP contribution is 1.98. The molecule has 62 valence electrons. The summed E-state index contributed by atoms with van der Waals surface area (Å²) in [4.78, 5) is 0. The lowest BCUT2D eigenvalue weighted by Crippen LogP contribution is -2.26. The summed E-state index contributed by atoms with van der Waals surface area (Å²) in [7, 11) is -3.37. The lowest BCUT2D eigenvalue weighted by molar-refractivity contribution is 0.207. The molecule has 0 aromatic heterocycles. The lowest BCUT2D eigenvalue weighted by Gasteiger charge is -2.07. The first-order chi connectivity index (χ1) is 4.45. The molecule has 1 atom stereocenters. The van der Waals surface area contributed by atoms with E-state index in [4.69, 9.17) is 5.73 Å². The van der Waals surface area contributed by atoms with Gasteiger partial charge in [-0.25, -0.2) is 0 Å². The molecule has 0 aromatic rings. The molecule has 0 saturated heterocycles. The van der Waals surface area contributed by atoms with Gasteiger partial charge in [-0.15, -0.1) is 0 Å². The molecule has 0 bridgehead atoms. The van der Waals surface area contributed by atoms with Gasteiger partial charge in [-0.2, -0.15) is 8.42 Å². The quantitative estimate of drug-likeness (QED) is 0.474. The molecular formula is C5H13NO3S. The third-order valence-electron chi connectivity index (χ3n) is 0.872. The van der Waals surface area contributed by atoms with Crippen molar-refractivity contribution in [3.63, 3.8) is 0 Å². The van der Waals surface area contributed by atoms with E-state index < -0.39 is 16.3 Å². The second-order valence-electron chi connectivity index (χ2n) is 2.13. The molecule has 0 spiro atoms. The molecule has 1 unspecified atom stereocenters. The normalized spacial score (nSPS) is 15.1. The maximum Gasteiger partial charge on any atom is 0.265 e. The maximum absolute atomic E-state index is 10.4. The molecule has 10 heavy (non-hydrogen) atoms. The molecule has 2 N–H and O–H groups in total. The highest BCUT2D eigenvalue weighted by molar-refractivity contribution is 7.86. The van der Waals surface area contributed by atoms with Crippen molar-refractivity contribution in [2.24, 2.45) is 5.73 Å². The van der Waals surface area contributed by atoms with Crippen LogP contribution in [-0.4, -0.2) is 20.9 Å². The van der Waals surface area contributed by atoms with Crippen molar-refractivity contribution < 1.29 is 12.6 Å². The largest absolute Gasteiger partial charge is 0.305 e. The molecule has 0 aliphatic heterocycles. The van der Waals surface area contributed by atoms with Gasteiger partial charge in [0.15, 0.2) is 0 Å². The fraction of sp³-hybridized carbons (Fsp3) is 1.00. The zero-order valence-electron chi connectivity index (χ0n) is 6.20. The topological polar surface area (TPSA) is 69.4 Å². The molecule has 4 nitrogen and oxygen atoms in total. The lowest BCUT2D eigenvalue weighted by atomic mass is 10.3. The van der Waals surface area contributed by atoms with Crippen LogP contribution in [0, 0.1) is 0 Å². The molecular weight excluding hydrogens is 154 g/mol. The average molecular weight is 167 g/mol. The smallest absolute Gasteiger partial charge is 0.265 e. The zero-order valence-corrected chi connectivity index (χ0v) is 7.02. The second-order valence-corrected chi connectivity index (χ2v) is 3.73. The Kier molecular flexibility index (Phi) is 3.85. The van der Waals surface area contributed by atoms with Crippen molar-refractivity contribution in [2.75, 3.05) is 6.26 Å². The van der Waals surface area contributed by atoms with Crippen LogP contribution in [0.15, 0.2) is 0 Å². The first-order valence-electron chi connectivity index (χ1n) is 3.09. The Balaban J connectivity index is 3.69. The van der Waals surface area contributed by atoms with Crippen LogP contribution in [0.25, 0.3) is 0 Å². The first-order valence-corrected chi connectivity index (χ1v) is 4.91. The van der Waals surface area contributed by atoms with Crippen LogP contribution in [-0.2, 0) is 14.3 Å². The van der Waals surface area contributed by atoms with E-state index in [-0.39, 0.29) is 0 Å². The van der Waals surface area contributed by atoms with Crippen molar-refractivity contribution in [3.05, 3.63) is 0 Å². The van der Waals surface area contributed by atoms with Crippen molar-refractivity contribution in [2.45, 2.75) is 26.0 Å². The van der Waals surface area contributed by atoms with Gasteiger partial charge in [-0.1, -0.05) is 13.3 Å². The Morgan fingerprint density at radius 2 is 2.10 bits per heavy atom. The average Bonchev–Trinajstić information content (AvgIpc) is 1.59. The Morgan fingerprint density at radius 1 is 1.60 bits per heavy atom. The minimum atomic E-state index is -3.37. The van der Waals surface area contributed by atoms with Crippen molar-refractivity contribution in [1.29, 1.82) is 0 Å². The van der Waals surface area contributed by atoms with Gasteiger partial charge in [0.2, 0.25) is 0 Å². The summed E-state index contributed by atoms with van der Waals surface area (Å²) in [5, 5.41) is 0. The van der Waals surface area contributed by atoms with Crippen molar-refractivity contribution >= 4 is 10.1 Å². The van der Waals surface area contributed by atoms with Gasteiger partial charge in [0.25, 0.3) is 10.1 Å². The van der Waals surface area contributed by atoms with Crippen LogP contribution in [0.5, 0.6) is 0 Å². The fourth-order valence-corrected chi connectivity index (χ4v) is 1.10. The van der Waals surface area contributed by atoms with E-state index in [1.54, 1.807) is 0 Å². The summed E-state index contributed by atoms with van der Waals surface area (Å²) in [6, 6.07) is 0. The Labute approximate surface area is 61.5 Å². The van der Waals surface area contributed by atoms with Gasteiger partial charge in [0, 0.05) is 0 Å². The monoisotopic (exact) mass is 167 g/mol. The van der Waals surface area contributed by atoms with E-state index in [9.17, 15) is 8.42 Å². The summed E-state index contributed by atoms with van der Waals surface area (Å²) in [6.45, 7) is 1.91. The highest BCUT2D eigenvalue weighted by Gasteiger charge is 2.08. The van der Waals surface area contributed by atoms with Crippen LogP contribution >= 0.6 is 0 Å². The standard InChI is InChI=1S/C5H13NO3S/c1-3-4-5(6)9-10(2,7)8/h5H,3-4,6H2,1-2H3. The number of hydrogen-bond donors (Lipinski definition) is 1. The third kappa shape index (κ3) is 6.00. The molecule has 0 radical (unpaired) electrons. The van der Waals surface area contributed by atoms with E-state index in [1.165, 1.54) is 0 Å². The molecule has 0 amide bonds. The van der Waals surface area contributed by atoms with Crippen LogP contribution < -0.4 is 5.73 Å². The van der Waals surface area contributed by atoms with E-state index in [0.29, 0.717) is 6.42 Å². The molecule has 5 heteroatoms. The van der Waals surface area contributed by atoms with E-state index >= 15 is 0 Å². The van der Waals surface area contributed by atoms with Gasteiger partial charge in [-0.3, -0.25) is 4.18 Å². The Morgan fingerprint density at radius 3 is 2.40 bits per heavy atom. The number of rotatable bonds is 4. The van der Waals surface area contributed by atoms with Crippen LogP contribution in [0.3, 0.4) is 0 Å². The highest BCUT2D eigenvalue weighted by atomic mass is 32.2. The van der Waals surface area contributed by atoms with Crippen LogP contribution in [0.1, 0.15) is 19.8 Å². The maximum atomic E-state index is 10.4. The molecule has 0 saturated carbocycles. The third-order valence-corrected chi connectivity index (χ3v) is 1.47. The van der Waals surface area contributed by atoms with E-state index in [1.807, 2.05) is 6.92 Å². The van der Waals surface area contributed by atoms with Crippen LogP contribution in [0.2, 0.25) is 0 Å². The van der Waals surface area contributed by atoms with Gasteiger partial charge in [0.1, 0.15) is 6.23 Å². The summed E-state index contributed by atoms with van der Waals surface area (Å²) in [5.41, 5.74) is 5.27. The molecule has 0 rings (SSSR count). The molecule has 0 heterocycles. The SMILES string of the molecule is CCCC(N)OS(C)(=O)=O. The summed E-state index contributed by atoms with van der Waals surface area (Å²) in [5.74, 6) is 0. The number of nitrogens with two attached hydrogens (primary N) is 1. The van der Waals surface area contributed by atoms with E-state index in [2.05, 4.69) is 4.18 Å². The van der Waals surface area contributed by atoms with Gasteiger partial charge in [0.05, 0.1) is 6.26 Å². The summed E-state index contributed by atoms with van der Waals surface area (Å²) >= 11 is 0. The first kappa shape index (κ1) is 9.87. The Bertz CT molecular complexity index is 175. The minimum absolute atomic E-state index is 0.563. The van der Waals surface area contributed by atoms with E-state index in [0.717, 1.165) is 12.7 Å². The van der Waals surface area contributed by atoms with Gasteiger partial charge in [-0.05, 0) is 6.42 Å². The predicted octanol–water partition coefficient (Wildman–Crippen LogP) is 0.0475. The summed E-state index contributed by atoms with van der Waals surface area (Å²) in [6.07, 6.45) is 1.69. The molecule has 0 aliphatic carbocycles.